The second-order valence-corrected chi connectivity index (χ2v) is 2.56. The predicted molar refractivity (Wildman–Crippen MR) is 37.1 cm³/mol. The quantitative estimate of drug-likeness (QED) is 0.556. The number of hydrogen-bond acceptors (Lipinski definition) is 5. The summed E-state index contributed by atoms with van der Waals surface area (Å²) in [5, 5.41) is 8.70. The van der Waals surface area contributed by atoms with Gasteiger partial charge in [-0.2, -0.15) is 0 Å². The number of hydrogen-bond donors (Lipinski definition) is 1. The van der Waals surface area contributed by atoms with E-state index in [1.165, 1.54) is 6.92 Å². The molecule has 1 aliphatic rings. The van der Waals surface area contributed by atoms with Crippen molar-refractivity contribution in [3.8, 4) is 0 Å². The van der Waals surface area contributed by atoms with Crippen LogP contribution in [0.2, 0.25) is 0 Å². The maximum Gasteiger partial charge on any atom is 0.310 e. The van der Waals surface area contributed by atoms with Crippen LogP contribution in [0.4, 0.5) is 0 Å². The second-order valence-electron chi connectivity index (χ2n) is 2.56. The molecule has 0 saturated carbocycles. The van der Waals surface area contributed by atoms with Crippen molar-refractivity contribution in [2.45, 2.75) is 25.6 Å². The van der Waals surface area contributed by atoms with Crippen LogP contribution in [0, 0.1) is 0 Å². The van der Waals surface area contributed by atoms with Crippen molar-refractivity contribution in [1.29, 1.82) is 0 Å². The van der Waals surface area contributed by atoms with Crippen LogP contribution in [0.3, 0.4) is 0 Å². The molecule has 0 aliphatic carbocycles. The van der Waals surface area contributed by atoms with E-state index in [0.29, 0.717) is 0 Å². The molecule has 1 heterocycles. The van der Waals surface area contributed by atoms with Crippen molar-refractivity contribution in [2.75, 3.05) is 6.61 Å². The summed E-state index contributed by atoms with van der Waals surface area (Å²) < 4.78 is 9.40. The van der Waals surface area contributed by atoms with Crippen LogP contribution in [-0.4, -0.2) is 35.9 Å². The molecular weight excluding hydrogens is 164 g/mol. The largest absolute Gasteiger partial charge is 0.458 e. The lowest BCUT2D eigenvalue weighted by Gasteiger charge is -2.13. The zero-order chi connectivity index (χ0) is 9.14. The van der Waals surface area contributed by atoms with Crippen LogP contribution in [0.15, 0.2) is 0 Å². The van der Waals surface area contributed by atoms with Gasteiger partial charge in [-0.3, -0.25) is 9.59 Å². The summed E-state index contributed by atoms with van der Waals surface area (Å²) in [5.74, 6) is -0.919. The number of rotatable bonds is 2. The third-order valence-electron chi connectivity index (χ3n) is 1.56. The summed E-state index contributed by atoms with van der Waals surface area (Å²) >= 11 is 0. The van der Waals surface area contributed by atoms with E-state index in [1.807, 2.05) is 0 Å². The Morgan fingerprint density at radius 2 is 2.50 bits per heavy atom. The number of carbonyl (C=O) groups is 2. The Morgan fingerprint density at radius 1 is 1.83 bits per heavy atom. The van der Waals surface area contributed by atoms with E-state index in [1.54, 1.807) is 0 Å². The van der Waals surface area contributed by atoms with Crippen molar-refractivity contribution in [3.63, 3.8) is 0 Å². The number of aliphatic hydroxyl groups excluding tert-OH is 1. The van der Waals surface area contributed by atoms with E-state index in [0.717, 1.165) is 0 Å². The van der Waals surface area contributed by atoms with Crippen molar-refractivity contribution in [1.82, 2.24) is 0 Å². The number of carbonyl (C=O) groups excluding carboxylic acids is 2. The lowest BCUT2D eigenvalue weighted by Crippen LogP contribution is -2.29. The van der Waals surface area contributed by atoms with Gasteiger partial charge in [-0.1, -0.05) is 0 Å². The molecule has 0 spiro atoms. The zero-order valence-electron chi connectivity index (χ0n) is 6.65. The van der Waals surface area contributed by atoms with Gasteiger partial charge in [-0.15, -0.1) is 0 Å². The van der Waals surface area contributed by atoms with E-state index in [4.69, 9.17) is 9.84 Å². The topological polar surface area (TPSA) is 72.8 Å². The molecule has 0 aromatic rings. The van der Waals surface area contributed by atoms with Crippen LogP contribution in [-0.2, 0) is 19.1 Å². The van der Waals surface area contributed by atoms with Crippen molar-refractivity contribution < 1.29 is 24.2 Å². The molecule has 0 aromatic heterocycles. The normalized spacial score (nSPS) is 28.3. The third kappa shape index (κ3) is 1.94. The van der Waals surface area contributed by atoms with Gasteiger partial charge in [0.25, 0.3) is 0 Å². The van der Waals surface area contributed by atoms with Crippen LogP contribution < -0.4 is 0 Å². The van der Waals surface area contributed by atoms with Gasteiger partial charge in [0.1, 0.15) is 0 Å². The number of cyclic esters (lactones) is 1. The molecule has 0 unspecified atom stereocenters. The molecule has 0 aromatic carbocycles. The molecule has 68 valence electrons. The Labute approximate surface area is 69.3 Å². The Morgan fingerprint density at radius 3 is 3.00 bits per heavy atom. The van der Waals surface area contributed by atoms with Crippen LogP contribution in [0.5, 0.6) is 0 Å². The molecule has 12 heavy (non-hydrogen) atoms. The molecular formula is C7H10O5. The van der Waals surface area contributed by atoms with E-state index < -0.39 is 24.1 Å². The molecule has 2 atom stereocenters. The van der Waals surface area contributed by atoms with Gasteiger partial charge in [-0.25, -0.2) is 0 Å². The summed E-state index contributed by atoms with van der Waals surface area (Å²) in [6.45, 7) is 0.931. The highest BCUT2D eigenvalue weighted by Crippen LogP contribution is 2.17. The summed E-state index contributed by atoms with van der Waals surface area (Å²) in [7, 11) is 0. The first-order chi connectivity index (χ1) is 5.63. The molecule has 1 rings (SSSR count). The van der Waals surface area contributed by atoms with Crippen LogP contribution >= 0.6 is 0 Å². The smallest absolute Gasteiger partial charge is 0.310 e. The van der Waals surface area contributed by atoms with E-state index in [9.17, 15) is 9.59 Å². The van der Waals surface area contributed by atoms with Gasteiger partial charge in [-0.05, 0) is 0 Å². The van der Waals surface area contributed by atoms with Gasteiger partial charge in [0.15, 0.2) is 12.2 Å². The Balaban J connectivity index is 2.51. The number of ether oxygens (including phenoxy) is 2. The minimum Gasteiger partial charge on any atom is -0.458 e. The van der Waals surface area contributed by atoms with Gasteiger partial charge in [0, 0.05) is 6.92 Å². The van der Waals surface area contributed by atoms with E-state index in [2.05, 4.69) is 4.74 Å². The molecule has 0 amide bonds. The van der Waals surface area contributed by atoms with Crippen LogP contribution in [0.25, 0.3) is 0 Å². The minimum absolute atomic E-state index is 0.0325. The Kier molecular flexibility index (Phi) is 2.65. The van der Waals surface area contributed by atoms with Crippen molar-refractivity contribution >= 4 is 11.9 Å². The van der Waals surface area contributed by atoms with Gasteiger partial charge < -0.3 is 14.6 Å². The highest BCUT2D eigenvalue weighted by molar-refractivity contribution is 5.74. The number of aliphatic hydroxyl groups is 1. The first-order valence-electron chi connectivity index (χ1n) is 3.61. The first-order valence-corrected chi connectivity index (χ1v) is 3.61. The van der Waals surface area contributed by atoms with E-state index in [-0.39, 0.29) is 13.0 Å². The number of esters is 2. The fourth-order valence-electron chi connectivity index (χ4n) is 1.07. The zero-order valence-corrected chi connectivity index (χ0v) is 6.65. The monoisotopic (exact) mass is 174 g/mol. The summed E-state index contributed by atoms with van der Waals surface area (Å²) in [6.07, 6.45) is -1.29. The lowest BCUT2D eigenvalue weighted by atomic mass is 10.2. The average molecular weight is 174 g/mol. The lowest BCUT2D eigenvalue weighted by molar-refractivity contribution is -0.152. The third-order valence-corrected chi connectivity index (χ3v) is 1.56. The standard InChI is InChI=1S/C7H10O5/c1-4(9)11-5-2-7(10)12-6(5)3-8/h5-6,8H,2-3H2,1H3/t5-,6+/m1/s1. The minimum atomic E-state index is -0.693. The second kappa shape index (κ2) is 3.53. The molecule has 0 radical (unpaired) electrons. The molecule has 5 nitrogen and oxygen atoms in total. The van der Waals surface area contributed by atoms with Gasteiger partial charge in [0.2, 0.25) is 0 Å². The highest BCUT2D eigenvalue weighted by atomic mass is 16.6. The summed E-state index contributed by atoms with van der Waals surface area (Å²) in [5.41, 5.74) is 0. The molecule has 1 saturated heterocycles. The van der Waals surface area contributed by atoms with Crippen molar-refractivity contribution in [3.05, 3.63) is 0 Å². The SMILES string of the molecule is CC(=O)O[C@@H]1CC(=O)O[C@H]1CO. The summed E-state index contributed by atoms with van der Waals surface area (Å²) in [6, 6.07) is 0. The molecule has 5 heteroatoms. The predicted octanol–water partition coefficient (Wildman–Crippen LogP) is -0.774. The van der Waals surface area contributed by atoms with E-state index >= 15 is 0 Å². The Bertz CT molecular complexity index is 200. The maximum absolute atomic E-state index is 10.7. The molecule has 1 aliphatic heterocycles. The van der Waals surface area contributed by atoms with Crippen LogP contribution in [0.1, 0.15) is 13.3 Å². The maximum atomic E-state index is 10.7. The summed E-state index contributed by atoms with van der Waals surface area (Å²) in [4.78, 5) is 21.2. The Hall–Kier alpha value is -1.10. The molecule has 1 N–H and O–H groups in total. The highest BCUT2D eigenvalue weighted by Gasteiger charge is 2.36. The fraction of sp³-hybridized carbons (Fsp3) is 0.714. The molecule has 0 bridgehead atoms. The first kappa shape index (κ1) is 8.99. The van der Waals surface area contributed by atoms with Crippen molar-refractivity contribution in [2.24, 2.45) is 0 Å². The van der Waals surface area contributed by atoms with Gasteiger partial charge >= 0.3 is 11.9 Å². The average Bonchev–Trinajstić information content (AvgIpc) is 2.29. The van der Waals surface area contributed by atoms with Gasteiger partial charge in [0.05, 0.1) is 13.0 Å². The fourth-order valence-corrected chi connectivity index (χ4v) is 1.07. The molecule has 1 fully saturated rings.